The first-order chi connectivity index (χ1) is 9.97. The summed E-state index contributed by atoms with van der Waals surface area (Å²) in [6.45, 7) is 3.81. The van der Waals surface area contributed by atoms with Crippen molar-refractivity contribution in [3.05, 3.63) is 44.2 Å². The third-order valence-electron chi connectivity index (χ3n) is 3.14. The Hall–Kier alpha value is -1.84. The second kappa shape index (κ2) is 6.29. The maximum Gasteiger partial charge on any atom is 0.256 e. The highest BCUT2D eigenvalue weighted by Crippen LogP contribution is 2.32. The van der Waals surface area contributed by atoms with Gasteiger partial charge < -0.3 is 10.1 Å². The summed E-state index contributed by atoms with van der Waals surface area (Å²) in [5, 5.41) is 12.6. The summed E-state index contributed by atoms with van der Waals surface area (Å²) in [5.74, 6) is 0.406. The number of methoxy groups -OCH3 is 1. The Morgan fingerprint density at radius 2 is 2.14 bits per heavy atom. The average molecular weight is 365 g/mol. The van der Waals surface area contributed by atoms with Crippen LogP contribution in [0.1, 0.15) is 26.4 Å². The molecule has 1 aromatic carbocycles. The zero-order chi connectivity index (χ0) is 15.6. The van der Waals surface area contributed by atoms with Crippen LogP contribution in [-0.4, -0.2) is 13.0 Å². The zero-order valence-corrected chi connectivity index (χ0v) is 14.2. The fraction of sp³-hybridized carbons (Fsp3) is 0.200. The molecule has 4 nitrogen and oxygen atoms in total. The number of nitrogens with one attached hydrogen (secondary N) is 1. The Morgan fingerprint density at radius 3 is 2.71 bits per heavy atom. The monoisotopic (exact) mass is 364 g/mol. The van der Waals surface area contributed by atoms with Crippen LogP contribution in [0.4, 0.5) is 5.00 Å². The van der Waals surface area contributed by atoms with Crippen molar-refractivity contribution in [2.45, 2.75) is 13.8 Å². The van der Waals surface area contributed by atoms with E-state index in [0.717, 1.165) is 10.4 Å². The van der Waals surface area contributed by atoms with Crippen LogP contribution in [0.15, 0.2) is 22.7 Å². The van der Waals surface area contributed by atoms with Gasteiger partial charge in [0.1, 0.15) is 16.8 Å². The van der Waals surface area contributed by atoms with Gasteiger partial charge in [-0.05, 0) is 53.5 Å². The van der Waals surface area contributed by atoms with Gasteiger partial charge in [-0.15, -0.1) is 11.3 Å². The van der Waals surface area contributed by atoms with Crippen molar-refractivity contribution >= 4 is 38.2 Å². The highest BCUT2D eigenvalue weighted by atomic mass is 79.9. The lowest BCUT2D eigenvalue weighted by atomic mass is 10.1. The second-order valence-electron chi connectivity index (χ2n) is 4.40. The summed E-state index contributed by atoms with van der Waals surface area (Å²) < 4.78 is 5.84. The number of aryl methyl sites for hydroxylation is 1. The molecule has 0 atom stereocenters. The van der Waals surface area contributed by atoms with Crippen LogP contribution >= 0.6 is 27.3 Å². The Bertz CT molecular complexity index is 747. The number of carbonyl (C=O) groups is 1. The van der Waals surface area contributed by atoms with E-state index in [1.54, 1.807) is 25.3 Å². The molecule has 21 heavy (non-hydrogen) atoms. The van der Waals surface area contributed by atoms with Crippen molar-refractivity contribution < 1.29 is 9.53 Å². The van der Waals surface area contributed by atoms with Crippen LogP contribution < -0.4 is 10.1 Å². The van der Waals surface area contributed by atoms with Crippen molar-refractivity contribution in [1.82, 2.24) is 0 Å². The van der Waals surface area contributed by atoms with Gasteiger partial charge in [0.05, 0.1) is 17.1 Å². The fourth-order valence-electron chi connectivity index (χ4n) is 1.83. The van der Waals surface area contributed by atoms with Gasteiger partial charge in [0.25, 0.3) is 5.91 Å². The lowest BCUT2D eigenvalue weighted by molar-refractivity contribution is 0.102. The molecule has 0 aliphatic heterocycles. The molecule has 1 amide bonds. The Balaban J connectivity index is 2.29. The minimum Gasteiger partial charge on any atom is -0.496 e. The van der Waals surface area contributed by atoms with E-state index in [2.05, 4.69) is 27.3 Å². The smallest absolute Gasteiger partial charge is 0.256 e. The molecule has 1 N–H and O–H groups in total. The van der Waals surface area contributed by atoms with Crippen molar-refractivity contribution in [3.63, 3.8) is 0 Å². The molecule has 0 radical (unpaired) electrons. The molecular weight excluding hydrogens is 352 g/mol. The topological polar surface area (TPSA) is 62.1 Å². The van der Waals surface area contributed by atoms with Gasteiger partial charge in [-0.1, -0.05) is 0 Å². The molecule has 2 aromatic rings. The normalized spacial score (nSPS) is 10.0. The number of rotatable bonds is 3. The van der Waals surface area contributed by atoms with E-state index < -0.39 is 0 Å². The Kier molecular flexibility index (Phi) is 4.66. The minimum atomic E-state index is -0.254. The number of amides is 1. The van der Waals surface area contributed by atoms with Gasteiger partial charge in [0, 0.05) is 10.4 Å². The number of ether oxygens (including phenoxy) is 1. The molecule has 0 saturated heterocycles. The number of anilines is 1. The molecule has 0 fully saturated rings. The van der Waals surface area contributed by atoms with Crippen LogP contribution in [0.5, 0.6) is 5.75 Å². The van der Waals surface area contributed by atoms with Gasteiger partial charge in [-0.25, -0.2) is 0 Å². The molecule has 0 unspecified atom stereocenters. The number of carbonyl (C=O) groups excluding carboxylic acids is 1. The molecule has 0 spiro atoms. The van der Waals surface area contributed by atoms with Gasteiger partial charge in [-0.2, -0.15) is 5.26 Å². The summed E-state index contributed by atoms with van der Waals surface area (Å²) in [4.78, 5) is 13.3. The maximum atomic E-state index is 12.3. The molecule has 108 valence electrons. The number of hydrogen-bond donors (Lipinski definition) is 1. The van der Waals surface area contributed by atoms with Crippen molar-refractivity contribution in [2.24, 2.45) is 0 Å². The predicted molar refractivity (Wildman–Crippen MR) is 87.2 cm³/mol. The van der Waals surface area contributed by atoms with Gasteiger partial charge in [0.15, 0.2) is 0 Å². The summed E-state index contributed by atoms with van der Waals surface area (Å²) in [5.41, 5.74) is 1.93. The summed E-state index contributed by atoms with van der Waals surface area (Å²) in [6, 6.07) is 7.22. The minimum absolute atomic E-state index is 0.254. The molecular formula is C15H13BrN2O2S. The van der Waals surface area contributed by atoms with Crippen molar-refractivity contribution in [1.29, 1.82) is 5.26 Å². The zero-order valence-electron chi connectivity index (χ0n) is 11.8. The van der Waals surface area contributed by atoms with E-state index in [1.165, 1.54) is 11.3 Å². The molecule has 1 aromatic heterocycles. The molecule has 0 aliphatic rings. The SMILES string of the molecule is COc1ccc(C(=O)Nc2sc(C)c(C)c2C#N)cc1Br. The average Bonchev–Trinajstić information content (AvgIpc) is 2.73. The molecule has 6 heteroatoms. The third kappa shape index (κ3) is 3.09. The molecule has 0 aliphatic carbocycles. The van der Waals surface area contributed by atoms with E-state index in [0.29, 0.717) is 26.4 Å². The Labute approximate surface area is 135 Å². The molecule has 0 saturated carbocycles. The lowest BCUT2D eigenvalue weighted by Crippen LogP contribution is -2.11. The van der Waals surface area contributed by atoms with Crippen LogP contribution in [-0.2, 0) is 0 Å². The first-order valence-electron chi connectivity index (χ1n) is 6.13. The maximum absolute atomic E-state index is 12.3. The number of thiophene rings is 1. The lowest BCUT2D eigenvalue weighted by Gasteiger charge is -2.07. The first-order valence-corrected chi connectivity index (χ1v) is 7.73. The largest absolute Gasteiger partial charge is 0.496 e. The predicted octanol–water partition coefficient (Wildman–Crippen LogP) is 4.26. The third-order valence-corrected chi connectivity index (χ3v) is 4.88. The number of hydrogen-bond acceptors (Lipinski definition) is 4. The van der Waals surface area contributed by atoms with Crippen LogP contribution in [0.25, 0.3) is 0 Å². The van der Waals surface area contributed by atoms with Crippen molar-refractivity contribution in [3.8, 4) is 11.8 Å². The summed E-state index contributed by atoms with van der Waals surface area (Å²) in [6.07, 6.45) is 0. The number of halogens is 1. The second-order valence-corrected chi connectivity index (χ2v) is 6.48. The van der Waals surface area contributed by atoms with Crippen LogP contribution in [0, 0.1) is 25.2 Å². The molecule has 0 bridgehead atoms. The molecule has 2 rings (SSSR count). The first kappa shape index (κ1) is 15.5. The van der Waals surface area contributed by atoms with E-state index in [9.17, 15) is 10.1 Å². The van der Waals surface area contributed by atoms with E-state index in [-0.39, 0.29) is 5.91 Å². The highest BCUT2D eigenvalue weighted by Gasteiger charge is 2.16. The van der Waals surface area contributed by atoms with E-state index in [4.69, 9.17) is 4.74 Å². The highest BCUT2D eigenvalue weighted by molar-refractivity contribution is 9.10. The summed E-state index contributed by atoms with van der Waals surface area (Å²) in [7, 11) is 1.57. The number of nitriles is 1. The number of nitrogens with zero attached hydrogens (tertiary/aromatic N) is 1. The Morgan fingerprint density at radius 1 is 1.43 bits per heavy atom. The van der Waals surface area contributed by atoms with E-state index >= 15 is 0 Å². The molecule has 1 heterocycles. The van der Waals surface area contributed by atoms with Gasteiger partial charge in [0.2, 0.25) is 0 Å². The summed E-state index contributed by atoms with van der Waals surface area (Å²) >= 11 is 4.76. The quantitative estimate of drug-likeness (QED) is 0.884. The van der Waals surface area contributed by atoms with Gasteiger partial charge >= 0.3 is 0 Å². The van der Waals surface area contributed by atoms with Crippen LogP contribution in [0.3, 0.4) is 0 Å². The van der Waals surface area contributed by atoms with Gasteiger partial charge in [-0.3, -0.25) is 4.79 Å². The van der Waals surface area contributed by atoms with Crippen molar-refractivity contribution in [2.75, 3.05) is 12.4 Å². The van der Waals surface area contributed by atoms with Crippen LogP contribution in [0.2, 0.25) is 0 Å². The fourth-order valence-corrected chi connectivity index (χ4v) is 3.38. The standard InChI is InChI=1S/C15H13BrN2O2S/c1-8-9(2)21-15(11(8)7-17)18-14(19)10-4-5-13(20-3)12(16)6-10/h4-6H,1-3H3,(H,18,19). The number of benzene rings is 1. The van der Waals surface area contributed by atoms with E-state index in [1.807, 2.05) is 13.8 Å².